The number of carbonyl (C=O) groups is 4. The molecular weight excluding hydrogens is 494 g/mol. The Morgan fingerprint density at radius 2 is 1.76 bits per heavy atom. The fraction of sp³-hybridized carbons (Fsp3) is 0.444. The quantitative estimate of drug-likeness (QED) is 0.415. The van der Waals surface area contributed by atoms with E-state index in [0.29, 0.717) is 12.8 Å². The molecule has 6 atom stereocenters. The first-order valence-electron chi connectivity index (χ1n) is 12.5. The third-order valence-electron chi connectivity index (χ3n) is 6.79. The van der Waals surface area contributed by atoms with Crippen molar-refractivity contribution in [2.45, 2.75) is 63.5 Å². The number of nitrogens with zero attached hydrogens (tertiary/aromatic N) is 1. The maximum atomic E-state index is 13.5. The highest BCUT2D eigenvalue weighted by molar-refractivity contribution is 5.98. The van der Waals surface area contributed by atoms with Crippen molar-refractivity contribution >= 4 is 23.8 Å². The van der Waals surface area contributed by atoms with Gasteiger partial charge in [0.1, 0.15) is 17.9 Å². The molecule has 1 saturated heterocycles. The second-order valence-electron chi connectivity index (χ2n) is 9.74. The van der Waals surface area contributed by atoms with Crippen LogP contribution in [0.1, 0.15) is 42.7 Å². The number of cyclic esters (lactones) is 2. The lowest BCUT2D eigenvalue weighted by Gasteiger charge is -2.33. The molecule has 38 heavy (non-hydrogen) atoms. The molecular formula is C27H31N3O8. The highest BCUT2D eigenvalue weighted by Crippen LogP contribution is 2.36. The molecule has 2 aromatic rings. The molecule has 1 saturated carbocycles. The van der Waals surface area contributed by atoms with Crippen LogP contribution in [0.3, 0.4) is 0 Å². The van der Waals surface area contributed by atoms with Gasteiger partial charge in [0.05, 0.1) is 18.1 Å². The van der Waals surface area contributed by atoms with E-state index in [9.17, 15) is 29.4 Å². The number of pyridine rings is 1. The Bertz CT molecular complexity index is 1190. The van der Waals surface area contributed by atoms with Gasteiger partial charge in [0, 0.05) is 12.1 Å². The van der Waals surface area contributed by atoms with Gasteiger partial charge < -0.3 is 30.3 Å². The summed E-state index contributed by atoms with van der Waals surface area (Å²) >= 11 is 0. The summed E-state index contributed by atoms with van der Waals surface area (Å²) < 4.78 is 11.0. The zero-order valence-corrected chi connectivity index (χ0v) is 21.1. The minimum Gasteiger partial charge on any atom is -0.505 e. The molecule has 1 aliphatic heterocycles. The van der Waals surface area contributed by atoms with Crippen molar-refractivity contribution < 1.29 is 38.9 Å². The van der Waals surface area contributed by atoms with E-state index in [2.05, 4.69) is 15.6 Å². The molecule has 1 aliphatic carbocycles. The smallest absolute Gasteiger partial charge is 0.348 e. The van der Waals surface area contributed by atoms with Gasteiger partial charge in [-0.05, 0) is 50.8 Å². The molecule has 11 heteroatoms. The topological polar surface area (TPSA) is 164 Å². The number of rotatable bonds is 5. The molecule has 202 valence electrons. The number of benzene rings is 1. The third kappa shape index (κ3) is 6.28. The Hall–Kier alpha value is -3.99. The summed E-state index contributed by atoms with van der Waals surface area (Å²) in [6, 6.07) is 9.42. The van der Waals surface area contributed by atoms with Crippen LogP contribution in [-0.4, -0.2) is 69.3 Å². The Morgan fingerprint density at radius 1 is 1.05 bits per heavy atom. The number of carbonyl (C=O) groups excluding carboxylic acids is 4. The molecule has 4 N–H and O–H groups in total. The van der Waals surface area contributed by atoms with Crippen LogP contribution in [0, 0.1) is 11.8 Å². The van der Waals surface area contributed by atoms with E-state index in [0.717, 1.165) is 5.56 Å². The molecule has 1 aromatic carbocycles. The average molecular weight is 526 g/mol. The van der Waals surface area contributed by atoms with Gasteiger partial charge in [0.2, 0.25) is 12.0 Å². The zero-order chi connectivity index (χ0) is 27.4. The molecule has 1 aromatic heterocycles. The fourth-order valence-corrected chi connectivity index (χ4v) is 4.35. The first-order valence-corrected chi connectivity index (χ1v) is 12.5. The van der Waals surface area contributed by atoms with Crippen molar-refractivity contribution in [3.8, 4) is 5.75 Å². The Balaban J connectivity index is 1.66. The molecule has 4 rings (SSSR count). The number of aromatic nitrogens is 1. The molecule has 0 spiro atoms. The summed E-state index contributed by atoms with van der Waals surface area (Å²) in [5.41, 5.74) is 0.475. The van der Waals surface area contributed by atoms with Gasteiger partial charge in [-0.15, -0.1) is 0 Å². The van der Waals surface area contributed by atoms with Gasteiger partial charge >= 0.3 is 11.9 Å². The molecule has 2 heterocycles. The van der Waals surface area contributed by atoms with Gasteiger partial charge in [-0.25, -0.2) is 9.78 Å². The maximum Gasteiger partial charge on any atom is 0.348 e. The number of nitrogens with one attached hydrogen (secondary N) is 2. The summed E-state index contributed by atoms with van der Waals surface area (Å²) in [6.45, 7) is 2.88. The van der Waals surface area contributed by atoms with E-state index in [4.69, 9.17) is 9.47 Å². The largest absolute Gasteiger partial charge is 0.505 e. The third-order valence-corrected chi connectivity index (χ3v) is 6.79. The van der Waals surface area contributed by atoms with Crippen LogP contribution in [0.15, 0.2) is 48.7 Å². The van der Waals surface area contributed by atoms with Crippen molar-refractivity contribution in [1.29, 1.82) is 0 Å². The summed E-state index contributed by atoms with van der Waals surface area (Å²) in [6.07, 6.45) is -0.944. The van der Waals surface area contributed by atoms with Crippen LogP contribution in [0.25, 0.3) is 0 Å². The Kier molecular flexibility index (Phi) is 8.26. The monoisotopic (exact) mass is 525 g/mol. The van der Waals surface area contributed by atoms with Crippen molar-refractivity contribution in [3.05, 3.63) is 59.9 Å². The zero-order valence-electron chi connectivity index (χ0n) is 21.1. The number of aliphatic hydroxyl groups is 1. The number of amides is 2. The van der Waals surface area contributed by atoms with E-state index >= 15 is 0 Å². The van der Waals surface area contributed by atoms with Gasteiger partial charge in [0.15, 0.2) is 5.69 Å². The van der Waals surface area contributed by atoms with Crippen LogP contribution >= 0.6 is 0 Å². The minimum absolute atomic E-state index is 0.174. The van der Waals surface area contributed by atoms with Crippen LogP contribution in [0.5, 0.6) is 5.75 Å². The number of esters is 2. The minimum atomic E-state index is -1.41. The lowest BCUT2D eigenvalue weighted by atomic mass is 9.92. The van der Waals surface area contributed by atoms with Crippen molar-refractivity contribution in [2.24, 2.45) is 11.8 Å². The summed E-state index contributed by atoms with van der Waals surface area (Å²) in [7, 11) is 0. The average Bonchev–Trinajstić information content (AvgIpc) is 3.74. The van der Waals surface area contributed by atoms with E-state index in [-0.39, 0.29) is 18.0 Å². The van der Waals surface area contributed by atoms with Crippen LogP contribution in [0.2, 0.25) is 0 Å². The fourth-order valence-electron chi connectivity index (χ4n) is 4.35. The summed E-state index contributed by atoms with van der Waals surface area (Å²) in [5, 5.41) is 26.4. The second-order valence-corrected chi connectivity index (χ2v) is 9.74. The lowest BCUT2D eigenvalue weighted by Crippen LogP contribution is -2.59. The van der Waals surface area contributed by atoms with Crippen LogP contribution in [-0.2, 0) is 30.3 Å². The number of aliphatic hydroxyl groups excluding tert-OH is 1. The molecule has 2 fully saturated rings. The molecule has 0 bridgehead atoms. The first-order chi connectivity index (χ1) is 18.2. The molecule has 1 unspecified atom stereocenters. The van der Waals surface area contributed by atoms with Gasteiger partial charge in [0.25, 0.3) is 5.91 Å². The normalized spacial score (nSPS) is 28.7. The highest BCUT2D eigenvalue weighted by atomic mass is 16.6. The Labute approximate surface area is 219 Å². The lowest BCUT2D eigenvalue weighted by molar-refractivity contribution is -0.178. The number of hydrogen-bond donors (Lipinski definition) is 4. The van der Waals surface area contributed by atoms with E-state index < -0.39 is 65.8 Å². The number of aromatic hydroxyl groups is 1. The van der Waals surface area contributed by atoms with Gasteiger partial charge in [-0.3, -0.25) is 14.4 Å². The summed E-state index contributed by atoms with van der Waals surface area (Å²) in [4.78, 5) is 56.2. The highest BCUT2D eigenvalue weighted by Gasteiger charge is 2.45. The van der Waals surface area contributed by atoms with Crippen molar-refractivity contribution in [1.82, 2.24) is 15.6 Å². The second kappa shape index (κ2) is 11.6. The standard InChI is InChI=1S/C27H31N3O8/c1-14-22(32)18(13-16-7-4-3-5-8-16)29-24(33)20(30-25(34)21-19(31)9-6-12-28-21)15(2)37-27(36)23(17-10-11-17)38-26(14)35/h3-9,12,14-15,17-18,20,22-23,31-32H,10-11,13H2,1-2H3,(H,29,33)(H,30,34)/t14-,15-,18+,20+,22+,23?/m1/s1. The number of hydrogen-bond acceptors (Lipinski definition) is 9. The van der Waals surface area contributed by atoms with E-state index in [1.807, 2.05) is 18.2 Å². The molecule has 0 radical (unpaired) electrons. The van der Waals surface area contributed by atoms with Crippen molar-refractivity contribution in [2.75, 3.05) is 0 Å². The van der Waals surface area contributed by atoms with E-state index in [1.54, 1.807) is 12.1 Å². The number of ether oxygens (including phenoxy) is 2. The molecule has 2 amide bonds. The predicted octanol–water partition coefficient (Wildman–Crippen LogP) is 0.877. The molecule has 2 aliphatic rings. The maximum absolute atomic E-state index is 13.5. The predicted molar refractivity (Wildman–Crippen MR) is 133 cm³/mol. The first kappa shape index (κ1) is 27.1. The Morgan fingerprint density at radius 3 is 2.42 bits per heavy atom. The van der Waals surface area contributed by atoms with Gasteiger partial charge in [-0.2, -0.15) is 0 Å². The van der Waals surface area contributed by atoms with Gasteiger partial charge in [-0.1, -0.05) is 30.3 Å². The SMILES string of the molecule is C[C@H]1OC(=O)C(C2CC2)OC(=O)[C@H](C)[C@H](O)[C@H](Cc2ccccc2)NC(=O)[C@H]1NC(=O)c1ncccc1O. The van der Waals surface area contributed by atoms with Crippen molar-refractivity contribution in [3.63, 3.8) is 0 Å². The summed E-state index contributed by atoms with van der Waals surface area (Å²) in [5.74, 6) is -4.93. The van der Waals surface area contributed by atoms with Crippen LogP contribution in [0.4, 0.5) is 0 Å². The van der Waals surface area contributed by atoms with Crippen LogP contribution < -0.4 is 10.6 Å². The molecule has 11 nitrogen and oxygen atoms in total. The van der Waals surface area contributed by atoms with E-state index in [1.165, 1.54) is 32.2 Å².